The number of likely N-dealkylation sites (N-methyl/N-ethyl adjacent to an activating group) is 1. The van der Waals surface area contributed by atoms with E-state index in [2.05, 4.69) is 10.3 Å². The van der Waals surface area contributed by atoms with Gasteiger partial charge in [-0.15, -0.1) is 0 Å². The minimum absolute atomic E-state index is 0.0540. The first-order valence-electron chi connectivity index (χ1n) is 11.6. The number of halogens is 1. The van der Waals surface area contributed by atoms with Gasteiger partial charge < -0.3 is 20.2 Å². The lowest BCUT2D eigenvalue weighted by Crippen LogP contribution is -2.40. The van der Waals surface area contributed by atoms with E-state index in [1.54, 1.807) is 4.90 Å². The zero-order chi connectivity index (χ0) is 25.8. The second kappa shape index (κ2) is 10.7. The molecule has 36 heavy (non-hydrogen) atoms. The average molecular weight is 494 g/mol. The molecule has 1 aliphatic heterocycles. The molecule has 0 spiro atoms. The van der Waals surface area contributed by atoms with E-state index in [1.807, 2.05) is 42.3 Å². The first-order chi connectivity index (χ1) is 17.2. The van der Waals surface area contributed by atoms with Gasteiger partial charge >= 0.3 is 0 Å². The van der Waals surface area contributed by atoms with E-state index in [1.165, 1.54) is 35.8 Å². The predicted molar refractivity (Wildman–Crippen MR) is 131 cm³/mol. The smallest absolute Gasteiger partial charge is 0.296 e. The Balaban J connectivity index is 1.71. The minimum atomic E-state index is -0.754. The quantitative estimate of drug-likeness (QED) is 0.544. The molecule has 10 heteroatoms. The van der Waals surface area contributed by atoms with E-state index < -0.39 is 34.8 Å². The molecule has 0 bridgehead atoms. The lowest BCUT2D eigenvalue weighted by molar-refractivity contribution is -0.132. The van der Waals surface area contributed by atoms with Gasteiger partial charge in [-0.25, -0.2) is 9.37 Å². The summed E-state index contributed by atoms with van der Waals surface area (Å²) in [5.74, 6) is -1.87. The average Bonchev–Trinajstić information content (AvgIpc) is 3.03. The number of hydrogen-bond acceptors (Lipinski definition) is 6. The number of fused-ring (bicyclic) bond motifs is 1. The molecule has 1 atom stereocenters. The Morgan fingerprint density at radius 2 is 1.81 bits per heavy atom. The van der Waals surface area contributed by atoms with Crippen molar-refractivity contribution < 1.29 is 19.1 Å². The highest BCUT2D eigenvalue weighted by Crippen LogP contribution is 2.26. The van der Waals surface area contributed by atoms with Gasteiger partial charge in [0.2, 0.25) is 11.7 Å². The molecule has 1 aliphatic rings. The third-order valence-corrected chi connectivity index (χ3v) is 6.22. The first-order valence-corrected chi connectivity index (χ1v) is 11.6. The van der Waals surface area contributed by atoms with Gasteiger partial charge in [-0.3, -0.25) is 19.0 Å². The van der Waals surface area contributed by atoms with Crippen LogP contribution in [0.5, 0.6) is 5.75 Å². The summed E-state index contributed by atoms with van der Waals surface area (Å²) in [5, 5.41) is 13.2. The summed E-state index contributed by atoms with van der Waals surface area (Å²) < 4.78 is 14.5. The van der Waals surface area contributed by atoms with E-state index in [4.69, 9.17) is 0 Å². The number of hydrogen-bond donors (Lipinski definition) is 2. The summed E-state index contributed by atoms with van der Waals surface area (Å²) in [6.07, 6.45) is 0. The van der Waals surface area contributed by atoms with Gasteiger partial charge in [-0.05, 0) is 30.3 Å². The monoisotopic (exact) mass is 493 g/mol. The molecule has 2 heterocycles. The Hall–Kier alpha value is -4.05. The van der Waals surface area contributed by atoms with Crippen molar-refractivity contribution in [2.24, 2.45) is 0 Å². The van der Waals surface area contributed by atoms with Crippen LogP contribution < -0.4 is 10.9 Å². The second-order valence-corrected chi connectivity index (χ2v) is 8.84. The van der Waals surface area contributed by atoms with E-state index in [-0.39, 0.29) is 31.4 Å². The molecule has 0 aliphatic carbocycles. The van der Waals surface area contributed by atoms with Crippen molar-refractivity contribution in [3.05, 3.63) is 93.4 Å². The minimum Gasteiger partial charge on any atom is -0.501 e. The Morgan fingerprint density at radius 1 is 1.11 bits per heavy atom. The fourth-order valence-electron chi connectivity index (χ4n) is 4.26. The summed E-state index contributed by atoms with van der Waals surface area (Å²) in [4.78, 5) is 46.9. The molecule has 3 aromatic rings. The van der Waals surface area contributed by atoms with Crippen molar-refractivity contribution in [2.45, 2.75) is 32.6 Å². The van der Waals surface area contributed by atoms with Crippen LogP contribution in [-0.4, -0.2) is 56.4 Å². The molecule has 2 amide bonds. The molecule has 0 fully saturated rings. The van der Waals surface area contributed by atoms with Crippen molar-refractivity contribution in [1.82, 2.24) is 24.7 Å². The van der Waals surface area contributed by atoms with E-state index in [0.717, 1.165) is 5.56 Å². The highest BCUT2D eigenvalue weighted by atomic mass is 19.1. The number of amides is 2. The normalized spacial score (nSPS) is 15.6. The van der Waals surface area contributed by atoms with Crippen LogP contribution >= 0.6 is 0 Å². The standard InChI is InChI=1S/C26H28FN5O4/c1-17(33)32(15-19-6-4-3-5-7-19)21-16-30(2)12-13-31-24(21)29-22(23(34)26(31)36)25(35)28-14-18-8-10-20(27)11-9-18/h3-11,21,34H,12-16H2,1-2H3,(H,28,35). The van der Waals surface area contributed by atoms with Crippen LogP contribution in [0.1, 0.15) is 40.4 Å². The number of rotatable bonds is 6. The van der Waals surface area contributed by atoms with Crippen LogP contribution in [0.4, 0.5) is 4.39 Å². The molecule has 188 valence electrons. The third kappa shape index (κ3) is 5.44. The van der Waals surface area contributed by atoms with E-state index in [9.17, 15) is 23.9 Å². The summed E-state index contributed by atoms with van der Waals surface area (Å²) in [5.41, 5.74) is 0.395. The molecule has 0 saturated carbocycles. The number of carbonyl (C=O) groups is 2. The number of aromatic hydroxyl groups is 1. The van der Waals surface area contributed by atoms with Crippen LogP contribution in [0.3, 0.4) is 0 Å². The Kier molecular flexibility index (Phi) is 7.44. The van der Waals surface area contributed by atoms with Crippen molar-refractivity contribution in [3.63, 3.8) is 0 Å². The Labute approximate surface area is 207 Å². The van der Waals surface area contributed by atoms with Crippen LogP contribution in [0, 0.1) is 5.82 Å². The zero-order valence-corrected chi connectivity index (χ0v) is 20.1. The van der Waals surface area contributed by atoms with Crippen molar-refractivity contribution >= 4 is 11.8 Å². The maximum absolute atomic E-state index is 13.2. The Morgan fingerprint density at radius 3 is 2.47 bits per heavy atom. The maximum atomic E-state index is 13.2. The van der Waals surface area contributed by atoms with E-state index >= 15 is 0 Å². The summed E-state index contributed by atoms with van der Waals surface area (Å²) in [6.45, 7) is 2.93. The number of nitrogens with one attached hydrogen (secondary N) is 1. The summed E-state index contributed by atoms with van der Waals surface area (Å²) >= 11 is 0. The van der Waals surface area contributed by atoms with Crippen LogP contribution in [0.2, 0.25) is 0 Å². The molecular formula is C26H28FN5O4. The second-order valence-electron chi connectivity index (χ2n) is 8.84. The maximum Gasteiger partial charge on any atom is 0.296 e. The van der Waals surface area contributed by atoms with Gasteiger partial charge in [0.05, 0.1) is 0 Å². The van der Waals surface area contributed by atoms with Crippen LogP contribution in [-0.2, 0) is 24.4 Å². The fraction of sp³-hybridized carbons (Fsp3) is 0.308. The molecule has 0 radical (unpaired) electrons. The Bertz CT molecular complexity index is 1310. The third-order valence-electron chi connectivity index (χ3n) is 6.22. The lowest BCUT2D eigenvalue weighted by atomic mass is 10.1. The van der Waals surface area contributed by atoms with Crippen molar-refractivity contribution in [1.29, 1.82) is 0 Å². The molecule has 4 rings (SSSR count). The highest BCUT2D eigenvalue weighted by molar-refractivity contribution is 5.94. The van der Waals surface area contributed by atoms with Gasteiger partial charge in [0, 0.05) is 39.6 Å². The van der Waals surface area contributed by atoms with Gasteiger partial charge in [0.15, 0.2) is 5.69 Å². The molecule has 1 unspecified atom stereocenters. The lowest BCUT2D eigenvalue weighted by Gasteiger charge is -2.32. The molecule has 2 aromatic carbocycles. The van der Waals surface area contributed by atoms with Crippen molar-refractivity contribution in [3.8, 4) is 5.75 Å². The fourth-order valence-corrected chi connectivity index (χ4v) is 4.26. The predicted octanol–water partition coefficient (Wildman–Crippen LogP) is 2.05. The number of nitrogens with zero attached hydrogens (tertiary/aromatic N) is 4. The molecular weight excluding hydrogens is 465 g/mol. The van der Waals surface area contributed by atoms with Gasteiger partial charge in [0.25, 0.3) is 11.5 Å². The largest absolute Gasteiger partial charge is 0.501 e. The number of carbonyl (C=O) groups excluding carboxylic acids is 2. The van der Waals surface area contributed by atoms with Gasteiger partial charge in [0.1, 0.15) is 17.7 Å². The summed E-state index contributed by atoms with van der Waals surface area (Å²) in [6, 6.07) is 14.4. The molecule has 9 nitrogen and oxygen atoms in total. The topological polar surface area (TPSA) is 108 Å². The van der Waals surface area contributed by atoms with E-state index in [0.29, 0.717) is 18.7 Å². The summed E-state index contributed by atoms with van der Waals surface area (Å²) in [7, 11) is 1.88. The number of aromatic nitrogens is 2. The zero-order valence-electron chi connectivity index (χ0n) is 20.1. The number of benzene rings is 2. The highest BCUT2D eigenvalue weighted by Gasteiger charge is 2.33. The SMILES string of the molecule is CC(=O)N(Cc1ccccc1)C1CN(C)CCn2c1nc(C(=O)NCc1ccc(F)cc1)c(O)c2=O. The molecule has 2 N–H and O–H groups in total. The van der Waals surface area contributed by atoms with Gasteiger partial charge in [-0.2, -0.15) is 0 Å². The van der Waals surface area contributed by atoms with Gasteiger partial charge in [-0.1, -0.05) is 42.5 Å². The van der Waals surface area contributed by atoms with Crippen molar-refractivity contribution in [2.75, 3.05) is 20.1 Å². The van der Waals surface area contributed by atoms with Crippen LogP contribution in [0.25, 0.3) is 0 Å². The molecule has 0 saturated heterocycles. The van der Waals surface area contributed by atoms with Crippen LogP contribution in [0.15, 0.2) is 59.4 Å². The first kappa shape index (κ1) is 25.1. The molecule has 1 aromatic heterocycles.